The summed E-state index contributed by atoms with van der Waals surface area (Å²) in [4.78, 5) is 25.7. The van der Waals surface area contributed by atoms with Crippen molar-refractivity contribution in [2.75, 3.05) is 6.54 Å². The lowest BCUT2D eigenvalue weighted by atomic mass is 9.94. The molecule has 7 heteroatoms. The van der Waals surface area contributed by atoms with Crippen molar-refractivity contribution in [3.63, 3.8) is 0 Å². The second kappa shape index (κ2) is 7.66. The first-order valence-electron chi connectivity index (χ1n) is 6.61. The number of rotatable bonds is 7. The van der Waals surface area contributed by atoms with E-state index in [1.54, 1.807) is 0 Å². The predicted molar refractivity (Wildman–Crippen MR) is 71.7 cm³/mol. The van der Waals surface area contributed by atoms with E-state index in [9.17, 15) is 18.4 Å². The lowest BCUT2D eigenvalue weighted by molar-refractivity contribution is -0.138. The fourth-order valence-electron chi connectivity index (χ4n) is 2.08. The van der Waals surface area contributed by atoms with E-state index in [1.165, 1.54) is 0 Å². The monoisotopic (exact) mass is 300 g/mol. The van der Waals surface area contributed by atoms with Crippen molar-refractivity contribution < 1.29 is 23.5 Å². The van der Waals surface area contributed by atoms with Crippen LogP contribution in [0, 0.1) is 23.6 Å². The number of hydrogen-bond donors (Lipinski definition) is 2. The zero-order valence-electron chi connectivity index (χ0n) is 11.9. The van der Waals surface area contributed by atoms with Crippen LogP contribution in [0.15, 0.2) is 12.3 Å². The van der Waals surface area contributed by atoms with Crippen LogP contribution in [0.4, 0.5) is 8.78 Å². The average molecular weight is 300 g/mol. The number of halogens is 2. The Morgan fingerprint density at radius 1 is 1.38 bits per heavy atom. The molecular weight excluding hydrogens is 282 g/mol. The number of carboxylic acid groups (broad SMARTS) is 1. The van der Waals surface area contributed by atoms with Gasteiger partial charge >= 0.3 is 5.97 Å². The van der Waals surface area contributed by atoms with Gasteiger partial charge in [-0.2, -0.15) is 4.39 Å². The molecule has 0 aliphatic heterocycles. The van der Waals surface area contributed by atoms with Gasteiger partial charge in [-0.25, -0.2) is 9.37 Å². The summed E-state index contributed by atoms with van der Waals surface area (Å²) in [6.45, 7) is 3.97. The molecule has 1 amide bonds. The molecule has 116 valence electrons. The summed E-state index contributed by atoms with van der Waals surface area (Å²) in [6.07, 6.45) is 1.52. The Bertz CT molecular complexity index is 521. The summed E-state index contributed by atoms with van der Waals surface area (Å²) >= 11 is 0. The van der Waals surface area contributed by atoms with Gasteiger partial charge in [-0.15, -0.1) is 0 Å². The van der Waals surface area contributed by atoms with Crippen LogP contribution < -0.4 is 5.32 Å². The Morgan fingerprint density at radius 3 is 2.62 bits per heavy atom. The summed E-state index contributed by atoms with van der Waals surface area (Å²) in [7, 11) is 0. The van der Waals surface area contributed by atoms with Crippen molar-refractivity contribution in [1.82, 2.24) is 10.3 Å². The van der Waals surface area contributed by atoms with E-state index in [4.69, 9.17) is 5.11 Å². The molecule has 1 heterocycles. The standard InChI is InChI=1S/C14H18F2N2O3/c1-8(2)5-9(6-11(19)20)7-18-14(21)10-3-4-17-13(16)12(10)15/h3-4,8-9H,5-7H2,1-2H3,(H,18,21)(H,19,20). The van der Waals surface area contributed by atoms with E-state index < -0.39 is 29.2 Å². The maximum Gasteiger partial charge on any atom is 0.303 e. The maximum absolute atomic E-state index is 13.4. The van der Waals surface area contributed by atoms with Gasteiger partial charge in [-0.3, -0.25) is 9.59 Å². The Kier molecular flexibility index (Phi) is 6.20. The van der Waals surface area contributed by atoms with Gasteiger partial charge in [0.1, 0.15) is 0 Å². The minimum atomic E-state index is -1.34. The quantitative estimate of drug-likeness (QED) is 0.757. The predicted octanol–water partition coefficient (Wildman–Crippen LogP) is 2.23. The molecule has 0 saturated carbocycles. The number of amides is 1. The van der Waals surface area contributed by atoms with Crippen molar-refractivity contribution in [1.29, 1.82) is 0 Å². The average Bonchev–Trinajstić information content (AvgIpc) is 2.37. The van der Waals surface area contributed by atoms with Gasteiger partial charge in [0.25, 0.3) is 5.91 Å². The van der Waals surface area contributed by atoms with E-state index in [0.717, 1.165) is 12.3 Å². The molecule has 2 N–H and O–H groups in total. The SMILES string of the molecule is CC(C)CC(CNC(=O)c1ccnc(F)c1F)CC(=O)O. The van der Waals surface area contributed by atoms with Crippen LogP contribution in [-0.4, -0.2) is 28.5 Å². The first-order valence-corrected chi connectivity index (χ1v) is 6.61. The molecule has 0 aromatic carbocycles. The van der Waals surface area contributed by atoms with Crippen LogP contribution >= 0.6 is 0 Å². The maximum atomic E-state index is 13.4. The summed E-state index contributed by atoms with van der Waals surface area (Å²) in [5, 5.41) is 11.3. The first-order chi connectivity index (χ1) is 9.81. The van der Waals surface area contributed by atoms with Gasteiger partial charge in [0.15, 0.2) is 5.82 Å². The fraction of sp³-hybridized carbons (Fsp3) is 0.500. The Labute approximate surface area is 121 Å². The molecule has 1 aromatic rings. The van der Waals surface area contributed by atoms with Crippen LogP contribution in [0.5, 0.6) is 0 Å². The minimum Gasteiger partial charge on any atom is -0.481 e. The molecule has 5 nitrogen and oxygen atoms in total. The molecule has 0 spiro atoms. The summed E-state index contributed by atoms with van der Waals surface area (Å²) in [5.41, 5.74) is -0.443. The highest BCUT2D eigenvalue weighted by Gasteiger charge is 2.19. The fourth-order valence-corrected chi connectivity index (χ4v) is 2.08. The third-order valence-corrected chi connectivity index (χ3v) is 2.91. The molecule has 1 rings (SSSR count). The molecule has 1 unspecified atom stereocenters. The Hall–Kier alpha value is -2.05. The molecule has 0 bridgehead atoms. The number of hydrogen-bond acceptors (Lipinski definition) is 3. The molecule has 21 heavy (non-hydrogen) atoms. The van der Waals surface area contributed by atoms with Crippen molar-refractivity contribution in [3.8, 4) is 0 Å². The zero-order valence-corrected chi connectivity index (χ0v) is 11.9. The van der Waals surface area contributed by atoms with Gasteiger partial charge in [-0.05, 0) is 24.3 Å². The number of aliphatic carboxylic acids is 1. The van der Waals surface area contributed by atoms with Crippen LogP contribution in [-0.2, 0) is 4.79 Å². The largest absolute Gasteiger partial charge is 0.481 e. The Balaban J connectivity index is 2.68. The third-order valence-electron chi connectivity index (χ3n) is 2.91. The number of nitrogens with zero attached hydrogens (tertiary/aromatic N) is 1. The highest BCUT2D eigenvalue weighted by Crippen LogP contribution is 2.15. The van der Waals surface area contributed by atoms with E-state index >= 15 is 0 Å². The van der Waals surface area contributed by atoms with Crippen molar-refractivity contribution >= 4 is 11.9 Å². The van der Waals surface area contributed by atoms with Crippen molar-refractivity contribution in [2.45, 2.75) is 26.7 Å². The number of carbonyl (C=O) groups is 2. The van der Waals surface area contributed by atoms with Crippen molar-refractivity contribution in [2.24, 2.45) is 11.8 Å². The highest BCUT2D eigenvalue weighted by atomic mass is 19.2. The number of pyridine rings is 1. The lowest BCUT2D eigenvalue weighted by Crippen LogP contribution is -2.31. The second-order valence-corrected chi connectivity index (χ2v) is 5.27. The summed E-state index contributed by atoms with van der Waals surface area (Å²) < 4.78 is 26.3. The molecular formula is C14H18F2N2O3. The van der Waals surface area contributed by atoms with E-state index in [0.29, 0.717) is 6.42 Å². The van der Waals surface area contributed by atoms with Crippen LogP contribution in [0.3, 0.4) is 0 Å². The highest BCUT2D eigenvalue weighted by molar-refractivity contribution is 5.94. The normalized spacial score (nSPS) is 12.2. The third kappa shape index (κ3) is 5.45. The number of carboxylic acids is 1. The van der Waals surface area contributed by atoms with E-state index in [-0.39, 0.29) is 24.8 Å². The molecule has 0 aliphatic rings. The lowest BCUT2D eigenvalue weighted by Gasteiger charge is -2.17. The summed E-state index contributed by atoms with van der Waals surface area (Å²) in [6, 6.07) is 1.07. The van der Waals surface area contributed by atoms with Crippen LogP contribution in [0.1, 0.15) is 37.0 Å². The molecule has 0 fully saturated rings. The van der Waals surface area contributed by atoms with E-state index in [2.05, 4.69) is 10.3 Å². The van der Waals surface area contributed by atoms with Gasteiger partial charge in [0.05, 0.1) is 5.56 Å². The number of nitrogens with one attached hydrogen (secondary N) is 1. The summed E-state index contributed by atoms with van der Waals surface area (Å²) in [5.74, 6) is -4.40. The topological polar surface area (TPSA) is 79.3 Å². The van der Waals surface area contributed by atoms with Gasteiger partial charge in [0, 0.05) is 19.2 Å². The Morgan fingerprint density at radius 2 is 2.05 bits per heavy atom. The van der Waals surface area contributed by atoms with Crippen molar-refractivity contribution in [3.05, 3.63) is 29.6 Å². The molecule has 1 atom stereocenters. The first kappa shape index (κ1) is 17.0. The van der Waals surface area contributed by atoms with Gasteiger partial charge < -0.3 is 10.4 Å². The van der Waals surface area contributed by atoms with Crippen LogP contribution in [0.25, 0.3) is 0 Å². The number of aromatic nitrogens is 1. The molecule has 0 saturated heterocycles. The van der Waals surface area contributed by atoms with Gasteiger partial charge in [-0.1, -0.05) is 13.8 Å². The molecule has 0 radical (unpaired) electrons. The molecule has 1 aromatic heterocycles. The van der Waals surface area contributed by atoms with E-state index in [1.807, 2.05) is 13.8 Å². The molecule has 0 aliphatic carbocycles. The zero-order chi connectivity index (χ0) is 16.0. The number of carbonyl (C=O) groups excluding carboxylic acids is 1. The smallest absolute Gasteiger partial charge is 0.303 e. The van der Waals surface area contributed by atoms with Crippen LogP contribution in [0.2, 0.25) is 0 Å². The van der Waals surface area contributed by atoms with Gasteiger partial charge in [0.2, 0.25) is 5.95 Å². The minimum absolute atomic E-state index is 0.0900. The second-order valence-electron chi connectivity index (χ2n) is 5.27.